The first-order valence-electron chi connectivity index (χ1n) is 35.4. The lowest BCUT2D eigenvalue weighted by Gasteiger charge is -2.26. The third-order valence-corrected chi connectivity index (χ3v) is 17.8. The molecule has 8 nitrogen and oxygen atoms in total. The first-order chi connectivity index (χ1) is 38.0. The predicted octanol–water partition coefficient (Wildman–Crippen LogP) is 22.3. The number of nitrogens with zero attached hydrogens (tertiary/aromatic N) is 1. The molecule has 3 N–H and O–H groups in total. The molecule has 0 fully saturated rings. The number of unbranched alkanes of at least 4 members (excludes halogenated alkanes) is 54. The third-order valence-electron chi connectivity index (χ3n) is 16.9. The lowest BCUT2D eigenvalue weighted by molar-refractivity contribution is -0.870. The number of hydrogen-bond donors (Lipinski definition) is 3. The summed E-state index contributed by atoms with van der Waals surface area (Å²) < 4.78 is 23.9. The van der Waals surface area contributed by atoms with Crippen molar-refractivity contribution in [2.75, 3.05) is 40.9 Å². The van der Waals surface area contributed by atoms with Gasteiger partial charge in [0.25, 0.3) is 0 Å². The van der Waals surface area contributed by atoms with Gasteiger partial charge in [-0.2, -0.15) is 0 Å². The minimum absolute atomic E-state index is 0.0795. The van der Waals surface area contributed by atoms with Crippen molar-refractivity contribution in [1.82, 2.24) is 5.32 Å². The van der Waals surface area contributed by atoms with Gasteiger partial charge in [-0.3, -0.25) is 13.8 Å². The van der Waals surface area contributed by atoms with Crippen LogP contribution in [0.1, 0.15) is 386 Å². The number of carbonyl (C=O) groups is 1. The van der Waals surface area contributed by atoms with E-state index in [1.807, 2.05) is 21.1 Å². The lowest BCUT2D eigenvalue weighted by atomic mass is 10.0. The van der Waals surface area contributed by atoms with Gasteiger partial charge in [-0.05, 0) is 12.8 Å². The largest absolute Gasteiger partial charge is 0.472 e. The topological polar surface area (TPSA) is 105 Å². The van der Waals surface area contributed by atoms with E-state index in [2.05, 4.69) is 19.2 Å². The molecule has 1 amide bonds. The average molecular weight is 1130 g/mol. The Kier molecular flexibility index (Phi) is 60.7. The highest BCUT2D eigenvalue weighted by Crippen LogP contribution is 2.43. The molecule has 0 spiro atoms. The third kappa shape index (κ3) is 63.1. The van der Waals surface area contributed by atoms with Crippen LogP contribution in [-0.2, 0) is 18.4 Å². The Morgan fingerprint density at radius 2 is 0.615 bits per heavy atom. The van der Waals surface area contributed by atoms with Crippen LogP contribution in [0.2, 0.25) is 0 Å². The number of phosphoric ester groups is 1. The summed E-state index contributed by atoms with van der Waals surface area (Å²) in [5.41, 5.74) is 0. The van der Waals surface area contributed by atoms with Crippen LogP contribution in [0.3, 0.4) is 0 Å². The molecule has 468 valence electrons. The van der Waals surface area contributed by atoms with Gasteiger partial charge >= 0.3 is 7.82 Å². The summed E-state index contributed by atoms with van der Waals surface area (Å²) >= 11 is 0. The van der Waals surface area contributed by atoms with E-state index < -0.39 is 20.0 Å². The Balaban J connectivity index is 3.98. The molecule has 0 aromatic carbocycles. The number of phosphoric acid groups is 1. The molecule has 0 bridgehead atoms. The molecule has 3 unspecified atom stereocenters. The van der Waals surface area contributed by atoms with E-state index in [4.69, 9.17) is 9.05 Å². The second kappa shape index (κ2) is 61.1. The maximum atomic E-state index is 13.1. The second-order valence-electron chi connectivity index (χ2n) is 26.0. The van der Waals surface area contributed by atoms with Crippen LogP contribution in [0.5, 0.6) is 0 Å². The fourth-order valence-electron chi connectivity index (χ4n) is 11.3. The van der Waals surface area contributed by atoms with E-state index in [9.17, 15) is 19.4 Å². The normalized spacial score (nSPS) is 13.6. The molecule has 0 aliphatic carbocycles. The summed E-state index contributed by atoms with van der Waals surface area (Å²) in [5.74, 6) is -0.133. The van der Waals surface area contributed by atoms with Crippen molar-refractivity contribution in [1.29, 1.82) is 0 Å². The second-order valence-corrected chi connectivity index (χ2v) is 27.4. The van der Waals surface area contributed by atoms with Crippen LogP contribution in [0.4, 0.5) is 0 Å². The van der Waals surface area contributed by atoms with Gasteiger partial charge in [-0.15, -0.1) is 0 Å². The number of rotatable bonds is 67. The van der Waals surface area contributed by atoms with Crippen LogP contribution in [0.15, 0.2) is 0 Å². The minimum atomic E-state index is -4.33. The Labute approximate surface area is 489 Å². The molecule has 0 rings (SSSR count). The summed E-state index contributed by atoms with van der Waals surface area (Å²) in [7, 11) is 1.64. The van der Waals surface area contributed by atoms with Crippen molar-refractivity contribution in [2.45, 2.75) is 398 Å². The highest BCUT2D eigenvalue weighted by molar-refractivity contribution is 7.47. The van der Waals surface area contributed by atoms with Crippen molar-refractivity contribution >= 4 is 13.7 Å². The lowest BCUT2D eigenvalue weighted by Crippen LogP contribution is -2.46. The maximum absolute atomic E-state index is 13.1. The fraction of sp³-hybridized carbons (Fsp3) is 0.986. The molecule has 0 saturated carbocycles. The summed E-state index contributed by atoms with van der Waals surface area (Å²) in [6.45, 7) is 4.97. The van der Waals surface area contributed by atoms with Gasteiger partial charge in [-0.1, -0.05) is 367 Å². The van der Waals surface area contributed by atoms with Gasteiger partial charge in [0.15, 0.2) is 0 Å². The summed E-state index contributed by atoms with van der Waals surface area (Å²) in [6, 6.07) is -0.757. The van der Waals surface area contributed by atoms with Crippen molar-refractivity contribution in [3.8, 4) is 0 Å². The Morgan fingerprint density at radius 1 is 0.385 bits per heavy atom. The SMILES string of the molecule is CCCCCCCCCCCCCCCCCCCCCCCCCCCCCCCC(=O)NC(COP(=O)(O)OCC[N+](C)(C)C)C(O)CCCCCCCCCCCCCCCCCCCCCCCCCCCCC. The summed E-state index contributed by atoms with van der Waals surface area (Å²) in [6.07, 6.45) is 76.4. The summed E-state index contributed by atoms with van der Waals surface area (Å²) in [4.78, 5) is 23.5. The highest BCUT2D eigenvalue weighted by atomic mass is 31.2. The zero-order valence-corrected chi connectivity index (χ0v) is 54.6. The van der Waals surface area contributed by atoms with E-state index in [1.54, 1.807) is 0 Å². The van der Waals surface area contributed by atoms with E-state index in [-0.39, 0.29) is 19.1 Å². The molecule has 9 heteroatoms. The molecule has 0 aliphatic rings. The maximum Gasteiger partial charge on any atom is 0.472 e. The first-order valence-corrected chi connectivity index (χ1v) is 36.9. The molecular weight excluding hydrogens is 984 g/mol. The van der Waals surface area contributed by atoms with E-state index in [0.29, 0.717) is 23.9 Å². The Morgan fingerprint density at radius 3 is 0.859 bits per heavy atom. The van der Waals surface area contributed by atoms with Crippen LogP contribution in [0, 0.1) is 0 Å². The Bertz CT molecular complexity index is 1230. The number of nitrogens with one attached hydrogen (secondary N) is 1. The van der Waals surface area contributed by atoms with E-state index in [0.717, 1.165) is 38.5 Å². The van der Waals surface area contributed by atoms with Crippen molar-refractivity contribution in [3.05, 3.63) is 0 Å². The van der Waals surface area contributed by atoms with E-state index >= 15 is 0 Å². The standard InChI is InChI=1S/C69H141N2O6P/c1-6-8-10-12-14-16-18-20-22-24-26-28-30-32-34-35-37-39-41-43-45-47-49-51-53-55-57-59-61-63-69(73)70-67(66-77-78(74,75)76-65-64-71(3,4)5)68(72)62-60-58-56-54-52-50-48-46-44-42-40-38-36-33-31-29-27-25-23-21-19-17-15-13-11-9-7-2/h67-68,72H,6-66H2,1-5H3,(H-,70,73,74,75)/p+1. The van der Waals surface area contributed by atoms with Crippen molar-refractivity contribution < 1.29 is 32.9 Å². The van der Waals surface area contributed by atoms with Crippen LogP contribution in [-0.4, -0.2) is 73.4 Å². The van der Waals surface area contributed by atoms with Crippen molar-refractivity contribution in [2.24, 2.45) is 0 Å². The number of aliphatic hydroxyl groups is 1. The molecule has 0 radical (unpaired) electrons. The van der Waals surface area contributed by atoms with Gasteiger partial charge in [-0.25, -0.2) is 4.57 Å². The highest BCUT2D eigenvalue weighted by Gasteiger charge is 2.28. The van der Waals surface area contributed by atoms with Crippen LogP contribution in [0.25, 0.3) is 0 Å². The number of hydrogen-bond acceptors (Lipinski definition) is 5. The number of quaternary nitrogens is 1. The molecule has 0 heterocycles. The molecular formula is C69H142N2O6P+. The fourth-order valence-corrected chi connectivity index (χ4v) is 12.1. The molecule has 0 aromatic rings. The number of likely N-dealkylation sites (N-methyl/N-ethyl adjacent to an activating group) is 1. The van der Waals surface area contributed by atoms with Gasteiger partial charge in [0.1, 0.15) is 13.2 Å². The number of carbonyl (C=O) groups excluding carboxylic acids is 1. The molecule has 3 atom stereocenters. The van der Waals surface area contributed by atoms with Gasteiger partial charge in [0.2, 0.25) is 5.91 Å². The first kappa shape index (κ1) is 77.5. The van der Waals surface area contributed by atoms with Gasteiger partial charge < -0.3 is 19.8 Å². The van der Waals surface area contributed by atoms with Gasteiger partial charge in [0.05, 0.1) is 39.9 Å². The molecule has 78 heavy (non-hydrogen) atoms. The number of aliphatic hydroxyl groups excluding tert-OH is 1. The van der Waals surface area contributed by atoms with E-state index in [1.165, 1.54) is 321 Å². The smallest absolute Gasteiger partial charge is 0.391 e. The summed E-state index contributed by atoms with van der Waals surface area (Å²) in [5, 5.41) is 14.2. The Hall–Kier alpha value is -0.500. The zero-order valence-electron chi connectivity index (χ0n) is 53.7. The monoisotopic (exact) mass is 1130 g/mol. The molecule has 0 saturated heterocycles. The average Bonchev–Trinajstić information content (AvgIpc) is 3.41. The number of amides is 1. The van der Waals surface area contributed by atoms with Crippen molar-refractivity contribution in [3.63, 3.8) is 0 Å². The minimum Gasteiger partial charge on any atom is -0.391 e. The van der Waals surface area contributed by atoms with Crippen LogP contribution < -0.4 is 5.32 Å². The molecule has 0 aromatic heterocycles. The zero-order chi connectivity index (χ0) is 57.0. The predicted molar refractivity (Wildman–Crippen MR) is 342 cm³/mol. The van der Waals surface area contributed by atoms with Crippen LogP contribution >= 0.6 is 7.82 Å². The quantitative estimate of drug-likeness (QED) is 0.0318. The van der Waals surface area contributed by atoms with Gasteiger partial charge in [0, 0.05) is 6.42 Å². The molecule has 0 aliphatic heterocycles.